The first-order valence-corrected chi connectivity index (χ1v) is 7.09. The fourth-order valence-corrected chi connectivity index (χ4v) is 3.39. The number of hydrogen-bond donors (Lipinski definition) is 1. The SMILES string of the molecule is CC1CCCC(N(C)C(=O)C2CCNC2C)C1. The molecular formula is C14H26N2O. The maximum Gasteiger partial charge on any atom is 0.227 e. The number of rotatable bonds is 2. The molecule has 1 saturated carbocycles. The van der Waals surface area contributed by atoms with E-state index < -0.39 is 0 Å². The average Bonchev–Trinajstić information content (AvgIpc) is 2.73. The van der Waals surface area contributed by atoms with Crippen molar-refractivity contribution in [2.75, 3.05) is 13.6 Å². The molecule has 98 valence electrons. The number of amides is 1. The van der Waals surface area contributed by atoms with Gasteiger partial charge >= 0.3 is 0 Å². The van der Waals surface area contributed by atoms with Crippen molar-refractivity contribution in [3.8, 4) is 0 Å². The van der Waals surface area contributed by atoms with Gasteiger partial charge in [0.1, 0.15) is 0 Å². The molecule has 4 unspecified atom stereocenters. The van der Waals surface area contributed by atoms with E-state index in [0.29, 0.717) is 18.0 Å². The van der Waals surface area contributed by atoms with Crippen LogP contribution in [0.5, 0.6) is 0 Å². The summed E-state index contributed by atoms with van der Waals surface area (Å²) >= 11 is 0. The summed E-state index contributed by atoms with van der Waals surface area (Å²) in [5.74, 6) is 1.35. The topological polar surface area (TPSA) is 32.3 Å². The molecule has 3 nitrogen and oxygen atoms in total. The number of carbonyl (C=O) groups excluding carboxylic acids is 1. The zero-order valence-corrected chi connectivity index (χ0v) is 11.4. The molecule has 2 aliphatic rings. The second-order valence-electron chi connectivity index (χ2n) is 6.01. The van der Waals surface area contributed by atoms with Crippen LogP contribution in [0, 0.1) is 11.8 Å². The minimum absolute atomic E-state index is 0.206. The van der Waals surface area contributed by atoms with Crippen LogP contribution in [0.15, 0.2) is 0 Å². The third kappa shape index (κ3) is 2.82. The first-order chi connectivity index (χ1) is 8.09. The smallest absolute Gasteiger partial charge is 0.227 e. The molecule has 17 heavy (non-hydrogen) atoms. The highest BCUT2D eigenvalue weighted by atomic mass is 16.2. The molecule has 1 aliphatic carbocycles. The fourth-order valence-electron chi connectivity index (χ4n) is 3.39. The lowest BCUT2D eigenvalue weighted by Gasteiger charge is -2.36. The van der Waals surface area contributed by atoms with Crippen molar-refractivity contribution in [2.45, 2.75) is 58.0 Å². The second-order valence-corrected chi connectivity index (χ2v) is 6.01. The Labute approximate surface area is 105 Å². The normalized spacial score (nSPS) is 38.1. The quantitative estimate of drug-likeness (QED) is 0.798. The van der Waals surface area contributed by atoms with E-state index in [1.165, 1.54) is 25.7 Å². The van der Waals surface area contributed by atoms with Crippen molar-refractivity contribution in [1.29, 1.82) is 0 Å². The van der Waals surface area contributed by atoms with E-state index in [1.54, 1.807) is 0 Å². The first kappa shape index (κ1) is 12.9. The first-order valence-electron chi connectivity index (χ1n) is 7.09. The van der Waals surface area contributed by atoms with E-state index in [9.17, 15) is 4.79 Å². The number of hydrogen-bond acceptors (Lipinski definition) is 2. The van der Waals surface area contributed by atoms with Crippen LogP contribution in [0.2, 0.25) is 0 Å². The Morgan fingerprint density at radius 3 is 2.59 bits per heavy atom. The van der Waals surface area contributed by atoms with Crippen LogP contribution in [0.3, 0.4) is 0 Å². The molecule has 1 aliphatic heterocycles. The molecule has 2 fully saturated rings. The van der Waals surface area contributed by atoms with Crippen LogP contribution in [-0.2, 0) is 4.79 Å². The van der Waals surface area contributed by atoms with Gasteiger partial charge in [0.15, 0.2) is 0 Å². The minimum atomic E-state index is 0.206. The van der Waals surface area contributed by atoms with Gasteiger partial charge in [0.25, 0.3) is 0 Å². The van der Waals surface area contributed by atoms with E-state index in [-0.39, 0.29) is 5.92 Å². The van der Waals surface area contributed by atoms with Crippen molar-refractivity contribution in [3.05, 3.63) is 0 Å². The molecule has 0 bridgehead atoms. The molecule has 0 spiro atoms. The van der Waals surface area contributed by atoms with Crippen LogP contribution in [0.4, 0.5) is 0 Å². The minimum Gasteiger partial charge on any atom is -0.342 e. The molecular weight excluding hydrogens is 212 g/mol. The second kappa shape index (κ2) is 5.38. The third-order valence-corrected chi connectivity index (χ3v) is 4.65. The van der Waals surface area contributed by atoms with Crippen LogP contribution in [0.25, 0.3) is 0 Å². The van der Waals surface area contributed by atoms with Crippen molar-refractivity contribution in [3.63, 3.8) is 0 Å². The summed E-state index contributed by atoms with van der Waals surface area (Å²) in [6.45, 7) is 5.43. The zero-order valence-electron chi connectivity index (χ0n) is 11.4. The van der Waals surface area contributed by atoms with Gasteiger partial charge in [0.2, 0.25) is 5.91 Å². The lowest BCUT2D eigenvalue weighted by Crippen LogP contribution is -2.45. The van der Waals surface area contributed by atoms with Crippen LogP contribution >= 0.6 is 0 Å². The van der Waals surface area contributed by atoms with Gasteiger partial charge < -0.3 is 10.2 Å². The summed E-state index contributed by atoms with van der Waals surface area (Å²) in [5.41, 5.74) is 0. The number of nitrogens with one attached hydrogen (secondary N) is 1. The molecule has 0 aromatic carbocycles. The van der Waals surface area contributed by atoms with E-state index in [1.807, 2.05) is 11.9 Å². The molecule has 0 aromatic heterocycles. The van der Waals surface area contributed by atoms with Gasteiger partial charge in [-0.25, -0.2) is 0 Å². The molecule has 1 saturated heterocycles. The summed E-state index contributed by atoms with van der Waals surface area (Å²) in [6.07, 6.45) is 6.01. The number of nitrogens with zero attached hydrogens (tertiary/aromatic N) is 1. The van der Waals surface area contributed by atoms with Crippen molar-refractivity contribution < 1.29 is 4.79 Å². The highest BCUT2D eigenvalue weighted by molar-refractivity contribution is 5.80. The van der Waals surface area contributed by atoms with Crippen LogP contribution in [-0.4, -0.2) is 36.5 Å². The lowest BCUT2D eigenvalue weighted by atomic mass is 9.85. The summed E-state index contributed by atoms with van der Waals surface area (Å²) in [4.78, 5) is 14.5. The van der Waals surface area contributed by atoms with Gasteiger partial charge in [-0.1, -0.05) is 19.8 Å². The van der Waals surface area contributed by atoms with E-state index >= 15 is 0 Å². The molecule has 0 aromatic rings. The molecule has 1 N–H and O–H groups in total. The standard InChI is InChI=1S/C14H26N2O/c1-10-5-4-6-12(9-10)16(3)14(17)13-7-8-15-11(13)2/h10-13,15H,4-9H2,1-3H3. The molecule has 4 atom stereocenters. The summed E-state index contributed by atoms with van der Waals surface area (Å²) < 4.78 is 0. The largest absolute Gasteiger partial charge is 0.342 e. The van der Waals surface area contributed by atoms with Crippen molar-refractivity contribution in [1.82, 2.24) is 10.2 Å². The highest BCUT2D eigenvalue weighted by Gasteiger charge is 2.34. The van der Waals surface area contributed by atoms with Gasteiger partial charge in [-0.2, -0.15) is 0 Å². The van der Waals surface area contributed by atoms with Gasteiger partial charge in [-0.05, 0) is 38.6 Å². The summed E-state index contributed by atoms with van der Waals surface area (Å²) in [7, 11) is 2.01. The third-order valence-electron chi connectivity index (χ3n) is 4.65. The summed E-state index contributed by atoms with van der Waals surface area (Å²) in [6, 6.07) is 0.838. The Balaban J connectivity index is 1.94. The molecule has 0 radical (unpaired) electrons. The Morgan fingerprint density at radius 1 is 1.24 bits per heavy atom. The van der Waals surface area contributed by atoms with Gasteiger partial charge in [0, 0.05) is 19.1 Å². The monoisotopic (exact) mass is 238 g/mol. The van der Waals surface area contributed by atoms with E-state index in [4.69, 9.17) is 0 Å². The van der Waals surface area contributed by atoms with Crippen molar-refractivity contribution >= 4 is 5.91 Å². The molecule has 2 rings (SSSR count). The Morgan fingerprint density at radius 2 is 2.00 bits per heavy atom. The van der Waals surface area contributed by atoms with E-state index in [2.05, 4.69) is 19.2 Å². The van der Waals surface area contributed by atoms with Gasteiger partial charge in [-0.3, -0.25) is 4.79 Å². The van der Waals surface area contributed by atoms with E-state index in [0.717, 1.165) is 18.9 Å². The van der Waals surface area contributed by atoms with Crippen molar-refractivity contribution in [2.24, 2.45) is 11.8 Å². The predicted octanol–water partition coefficient (Wildman–Crippen LogP) is 2.02. The van der Waals surface area contributed by atoms with Gasteiger partial charge in [0.05, 0.1) is 5.92 Å². The number of carbonyl (C=O) groups is 1. The molecule has 3 heteroatoms. The lowest BCUT2D eigenvalue weighted by molar-refractivity contribution is -0.137. The molecule has 1 amide bonds. The van der Waals surface area contributed by atoms with Gasteiger partial charge in [-0.15, -0.1) is 0 Å². The average molecular weight is 238 g/mol. The predicted molar refractivity (Wildman–Crippen MR) is 69.8 cm³/mol. The maximum atomic E-state index is 12.4. The summed E-state index contributed by atoms with van der Waals surface area (Å²) in [5, 5.41) is 3.37. The van der Waals surface area contributed by atoms with Crippen LogP contribution in [0.1, 0.15) is 46.0 Å². The Hall–Kier alpha value is -0.570. The highest BCUT2D eigenvalue weighted by Crippen LogP contribution is 2.28. The fraction of sp³-hybridized carbons (Fsp3) is 0.929. The maximum absolute atomic E-state index is 12.4. The Bertz CT molecular complexity index is 279. The zero-order chi connectivity index (χ0) is 12.4. The molecule has 1 heterocycles. The Kier molecular flexibility index (Phi) is 4.08. The van der Waals surface area contributed by atoms with Crippen LogP contribution < -0.4 is 5.32 Å².